The monoisotopic (exact) mass is 422 g/mol. The van der Waals surface area contributed by atoms with Crippen molar-refractivity contribution in [2.24, 2.45) is 5.92 Å². The largest absolute Gasteiger partial charge is 0.339 e. The zero-order chi connectivity index (χ0) is 18.7. The van der Waals surface area contributed by atoms with Crippen LogP contribution in [-0.4, -0.2) is 46.7 Å². The number of hydrogen-bond donors (Lipinski definition) is 3. The lowest BCUT2D eigenvalue weighted by Crippen LogP contribution is -2.43. The molecule has 1 aromatic rings. The smallest absolute Gasteiger partial charge is 0.255 e. The number of amides is 2. The second kappa shape index (κ2) is 8.50. The molecule has 6 nitrogen and oxygen atoms in total. The molecular weight excluding hydrogens is 396 g/mol. The number of hydrazine groups is 1. The van der Waals surface area contributed by atoms with E-state index in [-0.39, 0.29) is 22.7 Å². The number of carbonyl (C=O) groups is 2. The zero-order valence-corrected chi connectivity index (χ0v) is 16.9. The molecule has 0 radical (unpaired) electrons. The molecule has 1 aromatic carbocycles. The Balaban J connectivity index is 1.72. The summed E-state index contributed by atoms with van der Waals surface area (Å²) in [5.74, 6) is 0.229. The van der Waals surface area contributed by atoms with Crippen molar-refractivity contribution in [2.45, 2.75) is 50.0 Å². The first-order chi connectivity index (χ1) is 12.5. The normalized spacial score (nSPS) is 26.2. The van der Waals surface area contributed by atoms with Crippen molar-refractivity contribution in [1.82, 2.24) is 15.8 Å². The first-order valence-corrected chi connectivity index (χ1v) is 10.2. The number of piperidine rings is 1. The SMILES string of the molecule is CC(C)C1NNC(C(=O)Nc2ccccc2C(=O)N2CCCCC2)C1Br. The van der Waals surface area contributed by atoms with Crippen LogP contribution in [0, 0.1) is 5.92 Å². The molecule has 2 aliphatic heterocycles. The summed E-state index contributed by atoms with van der Waals surface area (Å²) in [6, 6.07) is 7.02. The number of carbonyl (C=O) groups excluding carboxylic acids is 2. The minimum atomic E-state index is -0.402. The molecule has 2 amide bonds. The van der Waals surface area contributed by atoms with Gasteiger partial charge in [-0.25, -0.2) is 5.43 Å². The van der Waals surface area contributed by atoms with Crippen LogP contribution in [0.15, 0.2) is 24.3 Å². The summed E-state index contributed by atoms with van der Waals surface area (Å²) >= 11 is 3.63. The number of anilines is 1. The maximum Gasteiger partial charge on any atom is 0.255 e. The fourth-order valence-corrected chi connectivity index (χ4v) is 4.67. The van der Waals surface area contributed by atoms with E-state index in [4.69, 9.17) is 0 Å². The third-order valence-electron chi connectivity index (χ3n) is 5.13. The van der Waals surface area contributed by atoms with Crippen molar-refractivity contribution in [3.05, 3.63) is 29.8 Å². The van der Waals surface area contributed by atoms with Crippen molar-refractivity contribution < 1.29 is 9.59 Å². The number of para-hydroxylation sites is 1. The molecule has 3 rings (SSSR count). The number of alkyl halides is 1. The van der Waals surface area contributed by atoms with Gasteiger partial charge in [-0.05, 0) is 37.3 Å². The standard InChI is InChI=1S/C19H27BrN4O2/c1-12(2)16-15(20)17(23-22-16)18(25)21-14-9-5-4-8-13(14)19(26)24-10-6-3-7-11-24/h4-5,8-9,12,15-17,22-23H,3,6-7,10-11H2,1-2H3,(H,21,25). The third-order valence-corrected chi connectivity index (χ3v) is 6.22. The van der Waals surface area contributed by atoms with E-state index in [1.54, 1.807) is 12.1 Å². The van der Waals surface area contributed by atoms with Gasteiger partial charge in [-0.1, -0.05) is 41.9 Å². The summed E-state index contributed by atoms with van der Waals surface area (Å²) in [4.78, 5) is 27.5. The highest BCUT2D eigenvalue weighted by molar-refractivity contribution is 9.09. The quantitative estimate of drug-likeness (QED) is 0.651. The number of hydrogen-bond acceptors (Lipinski definition) is 4. The molecular formula is C19H27BrN4O2. The van der Waals surface area contributed by atoms with Crippen LogP contribution < -0.4 is 16.2 Å². The average Bonchev–Trinajstić information content (AvgIpc) is 3.04. The summed E-state index contributed by atoms with van der Waals surface area (Å²) in [5.41, 5.74) is 7.37. The predicted octanol–water partition coefficient (Wildman–Crippen LogP) is 2.52. The van der Waals surface area contributed by atoms with E-state index in [1.807, 2.05) is 17.0 Å². The molecule has 0 aliphatic carbocycles. The Kier molecular flexibility index (Phi) is 6.32. The molecule has 3 atom stereocenters. The summed E-state index contributed by atoms with van der Waals surface area (Å²) in [6.07, 6.45) is 3.26. The van der Waals surface area contributed by atoms with Crippen LogP contribution in [-0.2, 0) is 4.79 Å². The molecule has 0 aromatic heterocycles. The van der Waals surface area contributed by atoms with Gasteiger partial charge in [-0.2, -0.15) is 0 Å². The van der Waals surface area contributed by atoms with Gasteiger partial charge < -0.3 is 10.2 Å². The van der Waals surface area contributed by atoms with Gasteiger partial charge in [0.2, 0.25) is 5.91 Å². The zero-order valence-electron chi connectivity index (χ0n) is 15.3. The van der Waals surface area contributed by atoms with Gasteiger partial charge in [0.05, 0.1) is 16.1 Å². The predicted molar refractivity (Wildman–Crippen MR) is 106 cm³/mol. The molecule has 0 spiro atoms. The molecule has 7 heteroatoms. The highest BCUT2D eigenvalue weighted by Crippen LogP contribution is 2.24. The second-order valence-corrected chi connectivity index (χ2v) is 8.43. The lowest BCUT2D eigenvalue weighted by molar-refractivity contribution is -0.117. The van der Waals surface area contributed by atoms with Crippen LogP contribution in [0.1, 0.15) is 43.5 Å². The van der Waals surface area contributed by atoms with Gasteiger partial charge in [0, 0.05) is 19.1 Å². The van der Waals surface area contributed by atoms with Crippen LogP contribution in [0.3, 0.4) is 0 Å². The summed E-state index contributed by atoms with van der Waals surface area (Å²) < 4.78 is 0. The Labute approximate surface area is 163 Å². The average molecular weight is 423 g/mol. The molecule has 0 bridgehead atoms. The fourth-order valence-electron chi connectivity index (χ4n) is 3.55. The van der Waals surface area contributed by atoms with Crippen LogP contribution in [0.2, 0.25) is 0 Å². The summed E-state index contributed by atoms with van der Waals surface area (Å²) in [5, 5.41) is 2.94. The number of nitrogens with zero attached hydrogens (tertiary/aromatic N) is 1. The Morgan fingerprint density at radius 1 is 1.15 bits per heavy atom. The van der Waals surface area contributed by atoms with E-state index < -0.39 is 6.04 Å². The van der Waals surface area contributed by atoms with Gasteiger partial charge in [0.25, 0.3) is 5.91 Å². The Bertz CT molecular complexity index is 661. The third kappa shape index (κ3) is 4.10. The Morgan fingerprint density at radius 3 is 2.50 bits per heavy atom. The maximum atomic E-state index is 12.9. The van der Waals surface area contributed by atoms with E-state index in [1.165, 1.54) is 6.42 Å². The molecule has 3 unspecified atom stereocenters. The molecule has 2 heterocycles. The highest BCUT2D eigenvalue weighted by atomic mass is 79.9. The van der Waals surface area contributed by atoms with E-state index in [0.717, 1.165) is 25.9 Å². The van der Waals surface area contributed by atoms with Crippen LogP contribution in [0.25, 0.3) is 0 Å². The van der Waals surface area contributed by atoms with Gasteiger partial charge >= 0.3 is 0 Å². The fraction of sp³-hybridized carbons (Fsp3) is 0.579. The van der Waals surface area contributed by atoms with Gasteiger partial charge in [0.15, 0.2) is 0 Å². The van der Waals surface area contributed by atoms with E-state index >= 15 is 0 Å². The number of halogens is 1. The lowest BCUT2D eigenvalue weighted by atomic mass is 9.99. The van der Waals surface area contributed by atoms with Crippen LogP contribution in [0.5, 0.6) is 0 Å². The van der Waals surface area contributed by atoms with E-state index in [9.17, 15) is 9.59 Å². The molecule has 142 valence electrons. The van der Waals surface area contributed by atoms with Gasteiger partial charge in [-0.3, -0.25) is 15.0 Å². The molecule has 2 aliphatic rings. The van der Waals surface area contributed by atoms with Crippen molar-refractivity contribution >= 4 is 33.4 Å². The maximum absolute atomic E-state index is 12.9. The second-order valence-electron chi connectivity index (χ2n) is 7.37. The Morgan fingerprint density at radius 2 is 1.85 bits per heavy atom. The number of benzene rings is 1. The minimum Gasteiger partial charge on any atom is -0.339 e. The lowest BCUT2D eigenvalue weighted by Gasteiger charge is -2.27. The van der Waals surface area contributed by atoms with Gasteiger partial charge in [0.1, 0.15) is 6.04 Å². The molecule has 2 fully saturated rings. The molecule has 2 saturated heterocycles. The van der Waals surface area contributed by atoms with Crippen molar-refractivity contribution in [2.75, 3.05) is 18.4 Å². The first-order valence-electron chi connectivity index (χ1n) is 9.33. The number of rotatable bonds is 4. The van der Waals surface area contributed by atoms with Crippen molar-refractivity contribution in [3.63, 3.8) is 0 Å². The summed E-state index contributed by atoms with van der Waals surface area (Å²) in [7, 11) is 0. The Hall–Kier alpha value is -1.44. The van der Waals surface area contributed by atoms with Crippen LogP contribution in [0.4, 0.5) is 5.69 Å². The van der Waals surface area contributed by atoms with Gasteiger partial charge in [-0.15, -0.1) is 0 Å². The minimum absolute atomic E-state index is 0.00597. The molecule has 0 saturated carbocycles. The highest BCUT2D eigenvalue weighted by Gasteiger charge is 2.40. The number of nitrogens with one attached hydrogen (secondary N) is 3. The first kappa shape index (κ1) is 19.3. The van der Waals surface area contributed by atoms with E-state index in [2.05, 4.69) is 45.9 Å². The van der Waals surface area contributed by atoms with Crippen molar-refractivity contribution in [1.29, 1.82) is 0 Å². The van der Waals surface area contributed by atoms with Crippen molar-refractivity contribution in [3.8, 4) is 0 Å². The molecule has 26 heavy (non-hydrogen) atoms. The summed E-state index contributed by atoms with van der Waals surface area (Å²) in [6.45, 7) is 5.80. The van der Waals surface area contributed by atoms with Crippen LogP contribution >= 0.6 is 15.9 Å². The topological polar surface area (TPSA) is 73.5 Å². The number of likely N-dealkylation sites (tertiary alicyclic amines) is 1. The van der Waals surface area contributed by atoms with E-state index in [0.29, 0.717) is 17.2 Å². The molecule has 3 N–H and O–H groups in total.